The Morgan fingerprint density at radius 1 is 1.12 bits per heavy atom. The fourth-order valence-electron chi connectivity index (χ4n) is 1.41. The fourth-order valence-corrected chi connectivity index (χ4v) is 1.56. The van der Waals surface area contributed by atoms with Crippen LogP contribution in [0.1, 0.15) is 0 Å². The van der Waals surface area contributed by atoms with E-state index < -0.39 is 11.6 Å². The van der Waals surface area contributed by atoms with E-state index in [0.29, 0.717) is 11.3 Å². The van der Waals surface area contributed by atoms with Gasteiger partial charge in [-0.1, -0.05) is 0 Å². The van der Waals surface area contributed by atoms with Crippen molar-refractivity contribution in [2.45, 2.75) is 0 Å². The standard InChI is InChI=1S/C11H7ClF2N2/c12-16-11-6-15-4-3-8(11)9-5-7(13)1-2-10(9)14/h1-6,16H. The Balaban J connectivity index is 2.62. The number of anilines is 1. The summed E-state index contributed by atoms with van der Waals surface area (Å²) in [5, 5.41) is 0. The maximum Gasteiger partial charge on any atom is 0.131 e. The molecule has 82 valence electrons. The van der Waals surface area contributed by atoms with Crippen molar-refractivity contribution in [3.63, 3.8) is 0 Å². The Labute approximate surface area is 96.0 Å². The van der Waals surface area contributed by atoms with E-state index in [4.69, 9.17) is 11.8 Å². The molecule has 0 atom stereocenters. The van der Waals surface area contributed by atoms with Gasteiger partial charge in [0.25, 0.3) is 0 Å². The van der Waals surface area contributed by atoms with E-state index in [0.717, 1.165) is 18.2 Å². The molecule has 0 bridgehead atoms. The monoisotopic (exact) mass is 240 g/mol. The van der Waals surface area contributed by atoms with Crippen LogP contribution < -0.4 is 4.84 Å². The quantitative estimate of drug-likeness (QED) is 0.812. The molecule has 0 saturated heterocycles. The minimum Gasteiger partial charge on any atom is -0.296 e. The molecule has 1 aromatic carbocycles. The van der Waals surface area contributed by atoms with Crippen molar-refractivity contribution in [3.05, 3.63) is 48.3 Å². The van der Waals surface area contributed by atoms with Crippen LogP contribution in [0.4, 0.5) is 14.5 Å². The molecule has 0 radical (unpaired) electrons. The lowest BCUT2D eigenvalue weighted by Crippen LogP contribution is -1.91. The Bertz CT molecular complexity index is 517. The molecule has 1 N–H and O–H groups in total. The number of halogens is 3. The molecule has 0 aliphatic heterocycles. The Hall–Kier alpha value is -1.68. The second kappa shape index (κ2) is 4.45. The number of pyridine rings is 1. The second-order valence-corrected chi connectivity index (χ2v) is 3.33. The zero-order chi connectivity index (χ0) is 11.5. The predicted molar refractivity (Wildman–Crippen MR) is 59.1 cm³/mol. The summed E-state index contributed by atoms with van der Waals surface area (Å²) in [6, 6.07) is 4.81. The van der Waals surface area contributed by atoms with Crippen LogP contribution in [0.5, 0.6) is 0 Å². The topological polar surface area (TPSA) is 24.9 Å². The van der Waals surface area contributed by atoms with Crippen molar-refractivity contribution >= 4 is 17.5 Å². The Kier molecular flexibility index (Phi) is 3.01. The van der Waals surface area contributed by atoms with Crippen LogP contribution in [0.3, 0.4) is 0 Å². The van der Waals surface area contributed by atoms with Crippen molar-refractivity contribution < 1.29 is 8.78 Å². The van der Waals surface area contributed by atoms with Crippen LogP contribution in [0.2, 0.25) is 0 Å². The number of aromatic nitrogens is 1. The van der Waals surface area contributed by atoms with Gasteiger partial charge in [-0.05, 0) is 24.3 Å². The summed E-state index contributed by atoms with van der Waals surface area (Å²) in [4.78, 5) is 6.19. The summed E-state index contributed by atoms with van der Waals surface area (Å²) in [5.41, 5.74) is 1.03. The van der Waals surface area contributed by atoms with Crippen LogP contribution >= 0.6 is 11.8 Å². The third kappa shape index (κ3) is 1.97. The molecule has 0 amide bonds. The number of nitrogens with zero attached hydrogens (tertiary/aromatic N) is 1. The van der Waals surface area contributed by atoms with E-state index in [1.54, 1.807) is 6.07 Å². The third-order valence-electron chi connectivity index (χ3n) is 2.14. The molecular weight excluding hydrogens is 234 g/mol. The number of hydrogen-bond donors (Lipinski definition) is 1. The Morgan fingerprint density at radius 2 is 1.94 bits per heavy atom. The van der Waals surface area contributed by atoms with Crippen molar-refractivity contribution in [3.8, 4) is 11.1 Å². The Morgan fingerprint density at radius 3 is 2.69 bits per heavy atom. The first kappa shape index (κ1) is 10.8. The summed E-state index contributed by atoms with van der Waals surface area (Å²) >= 11 is 5.47. The SMILES string of the molecule is Fc1ccc(F)c(-c2ccncc2NCl)c1. The van der Waals surface area contributed by atoms with E-state index in [1.807, 2.05) is 0 Å². The van der Waals surface area contributed by atoms with E-state index in [2.05, 4.69) is 9.82 Å². The van der Waals surface area contributed by atoms with Gasteiger partial charge in [-0.25, -0.2) is 8.78 Å². The molecule has 0 aliphatic carbocycles. The molecule has 0 saturated carbocycles. The van der Waals surface area contributed by atoms with Crippen molar-refractivity contribution in [2.75, 3.05) is 4.84 Å². The van der Waals surface area contributed by atoms with Crippen molar-refractivity contribution in [1.82, 2.24) is 4.98 Å². The van der Waals surface area contributed by atoms with Gasteiger partial charge < -0.3 is 0 Å². The highest BCUT2D eigenvalue weighted by Crippen LogP contribution is 2.30. The van der Waals surface area contributed by atoms with Gasteiger partial charge in [0.1, 0.15) is 11.6 Å². The molecule has 2 rings (SSSR count). The van der Waals surface area contributed by atoms with Crippen LogP contribution in [0, 0.1) is 11.6 Å². The maximum absolute atomic E-state index is 13.5. The highest BCUT2D eigenvalue weighted by atomic mass is 35.5. The molecule has 16 heavy (non-hydrogen) atoms. The average molecular weight is 241 g/mol. The third-order valence-corrected chi connectivity index (χ3v) is 2.35. The average Bonchev–Trinajstić information content (AvgIpc) is 2.32. The van der Waals surface area contributed by atoms with E-state index >= 15 is 0 Å². The lowest BCUT2D eigenvalue weighted by Gasteiger charge is -2.08. The molecular formula is C11H7ClF2N2. The van der Waals surface area contributed by atoms with Crippen LogP contribution in [0.25, 0.3) is 11.1 Å². The van der Waals surface area contributed by atoms with E-state index in [9.17, 15) is 8.78 Å². The molecule has 0 spiro atoms. The van der Waals surface area contributed by atoms with E-state index in [-0.39, 0.29) is 5.56 Å². The molecule has 0 fully saturated rings. The van der Waals surface area contributed by atoms with Crippen molar-refractivity contribution in [1.29, 1.82) is 0 Å². The minimum atomic E-state index is -0.513. The normalized spacial score (nSPS) is 10.2. The first-order chi connectivity index (χ1) is 7.72. The summed E-state index contributed by atoms with van der Waals surface area (Å²) in [5.74, 6) is -1.02. The maximum atomic E-state index is 13.5. The van der Waals surface area contributed by atoms with Gasteiger partial charge in [0, 0.05) is 29.1 Å². The first-order valence-electron chi connectivity index (χ1n) is 4.48. The first-order valence-corrected chi connectivity index (χ1v) is 4.86. The summed E-state index contributed by atoms with van der Waals surface area (Å²) in [7, 11) is 0. The van der Waals surface area contributed by atoms with Gasteiger partial charge in [0.15, 0.2) is 0 Å². The minimum absolute atomic E-state index is 0.144. The summed E-state index contributed by atoms with van der Waals surface area (Å²) in [6.07, 6.45) is 2.92. The fraction of sp³-hybridized carbons (Fsp3) is 0. The van der Waals surface area contributed by atoms with Gasteiger partial charge in [0.05, 0.1) is 11.9 Å². The lowest BCUT2D eigenvalue weighted by atomic mass is 10.1. The van der Waals surface area contributed by atoms with Gasteiger partial charge in [0.2, 0.25) is 0 Å². The molecule has 1 heterocycles. The largest absolute Gasteiger partial charge is 0.296 e. The van der Waals surface area contributed by atoms with Gasteiger partial charge >= 0.3 is 0 Å². The predicted octanol–water partition coefficient (Wildman–Crippen LogP) is 3.59. The molecule has 0 unspecified atom stereocenters. The molecule has 2 nitrogen and oxygen atoms in total. The van der Waals surface area contributed by atoms with Crippen LogP contribution in [-0.4, -0.2) is 4.98 Å². The number of hydrogen-bond acceptors (Lipinski definition) is 2. The molecule has 5 heteroatoms. The van der Waals surface area contributed by atoms with Gasteiger partial charge in [-0.15, -0.1) is 0 Å². The number of rotatable bonds is 2. The highest BCUT2D eigenvalue weighted by Gasteiger charge is 2.10. The number of nitrogens with one attached hydrogen (secondary N) is 1. The molecule has 0 aliphatic rings. The zero-order valence-electron chi connectivity index (χ0n) is 8.05. The number of benzene rings is 1. The zero-order valence-corrected chi connectivity index (χ0v) is 8.80. The summed E-state index contributed by atoms with van der Waals surface area (Å²) < 4.78 is 26.5. The van der Waals surface area contributed by atoms with Gasteiger partial charge in [-0.2, -0.15) is 0 Å². The van der Waals surface area contributed by atoms with Crippen molar-refractivity contribution in [2.24, 2.45) is 0 Å². The van der Waals surface area contributed by atoms with Crippen LogP contribution in [0.15, 0.2) is 36.7 Å². The summed E-state index contributed by atoms with van der Waals surface area (Å²) in [6.45, 7) is 0. The molecule has 2 aromatic rings. The highest BCUT2D eigenvalue weighted by molar-refractivity contribution is 6.24. The second-order valence-electron chi connectivity index (χ2n) is 3.14. The van der Waals surface area contributed by atoms with E-state index in [1.165, 1.54) is 12.4 Å². The lowest BCUT2D eigenvalue weighted by molar-refractivity contribution is 0.603. The molecule has 1 aromatic heterocycles. The van der Waals surface area contributed by atoms with Gasteiger partial charge in [-0.3, -0.25) is 9.82 Å². The van der Waals surface area contributed by atoms with Crippen LogP contribution in [-0.2, 0) is 0 Å². The smallest absolute Gasteiger partial charge is 0.131 e.